The second kappa shape index (κ2) is 13.5. The molecule has 3 nitrogen and oxygen atoms in total. The Kier molecular flexibility index (Phi) is 13.5. The molecule has 1 atom stereocenters. The van der Waals surface area contributed by atoms with Crippen molar-refractivity contribution in [2.45, 2.75) is 84.6 Å². The van der Waals surface area contributed by atoms with E-state index < -0.39 is 0 Å². The number of aliphatic hydroxyl groups is 1. The average Bonchev–Trinajstić information content (AvgIpc) is 2.53. The maximum atomic E-state index is 9.78. The predicted molar refractivity (Wildman–Crippen MR) is 93.9 cm³/mol. The van der Waals surface area contributed by atoms with Crippen LogP contribution in [0.25, 0.3) is 0 Å². The van der Waals surface area contributed by atoms with Crippen LogP contribution < -0.4 is 5.32 Å². The lowest BCUT2D eigenvalue weighted by molar-refractivity contribution is 0.138. The van der Waals surface area contributed by atoms with Gasteiger partial charge in [-0.1, -0.05) is 40.5 Å². The molecule has 0 radical (unpaired) electrons. The fourth-order valence-electron chi connectivity index (χ4n) is 2.77. The van der Waals surface area contributed by atoms with E-state index in [1.165, 1.54) is 51.7 Å². The summed E-state index contributed by atoms with van der Waals surface area (Å²) in [6, 6.07) is 0. The molecule has 0 rings (SSSR count). The fraction of sp³-hybridized carbons (Fsp3) is 1.00. The molecule has 0 aliphatic carbocycles. The Bertz CT molecular complexity index is 209. The Hall–Kier alpha value is -0.120. The number of unbranched alkanes of at least 4 members (excludes halogenated alkanes) is 2. The van der Waals surface area contributed by atoms with Crippen molar-refractivity contribution in [3.8, 4) is 0 Å². The molecule has 21 heavy (non-hydrogen) atoms. The molecule has 0 amide bonds. The van der Waals surface area contributed by atoms with Crippen LogP contribution in [-0.2, 0) is 0 Å². The van der Waals surface area contributed by atoms with Crippen LogP contribution in [0.3, 0.4) is 0 Å². The van der Waals surface area contributed by atoms with Crippen LogP contribution in [0.2, 0.25) is 0 Å². The summed E-state index contributed by atoms with van der Waals surface area (Å²) in [4.78, 5) is 2.62. The third kappa shape index (κ3) is 9.49. The van der Waals surface area contributed by atoms with Crippen molar-refractivity contribution in [3.63, 3.8) is 0 Å². The Labute approximate surface area is 133 Å². The van der Waals surface area contributed by atoms with Crippen LogP contribution in [0.1, 0.15) is 79.1 Å². The Balaban J connectivity index is 4.21. The van der Waals surface area contributed by atoms with Crippen molar-refractivity contribution in [3.05, 3.63) is 0 Å². The van der Waals surface area contributed by atoms with E-state index in [1.54, 1.807) is 0 Å². The van der Waals surface area contributed by atoms with Gasteiger partial charge in [-0.05, 0) is 64.7 Å². The SMILES string of the molecule is CCCCN(CCCC)CCCC(CC)(CO)NCCC. The van der Waals surface area contributed by atoms with Crippen LogP contribution in [0.4, 0.5) is 0 Å². The highest BCUT2D eigenvalue weighted by molar-refractivity contribution is 4.86. The summed E-state index contributed by atoms with van der Waals surface area (Å²) in [6.07, 6.45) is 9.54. The molecule has 128 valence electrons. The van der Waals surface area contributed by atoms with E-state index in [2.05, 4.69) is 37.9 Å². The van der Waals surface area contributed by atoms with E-state index in [0.717, 1.165) is 25.8 Å². The van der Waals surface area contributed by atoms with Crippen LogP contribution >= 0.6 is 0 Å². The van der Waals surface area contributed by atoms with Gasteiger partial charge in [0.05, 0.1) is 6.61 Å². The van der Waals surface area contributed by atoms with E-state index >= 15 is 0 Å². The largest absolute Gasteiger partial charge is 0.394 e. The van der Waals surface area contributed by atoms with Crippen molar-refractivity contribution in [1.82, 2.24) is 10.2 Å². The molecule has 0 aliphatic rings. The molecule has 0 saturated heterocycles. The van der Waals surface area contributed by atoms with Crippen molar-refractivity contribution < 1.29 is 5.11 Å². The molecular weight excluding hydrogens is 260 g/mol. The Morgan fingerprint density at radius 2 is 1.43 bits per heavy atom. The first kappa shape index (κ1) is 20.9. The average molecular weight is 301 g/mol. The van der Waals surface area contributed by atoms with E-state index in [1.807, 2.05) is 0 Å². The van der Waals surface area contributed by atoms with Gasteiger partial charge in [-0.2, -0.15) is 0 Å². The van der Waals surface area contributed by atoms with Crippen molar-refractivity contribution >= 4 is 0 Å². The molecule has 0 aromatic carbocycles. The topological polar surface area (TPSA) is 35.5 Å². The second-order valence-corrected chi connectivity index (χ2v) is 6.37. The lowest BCUT2D eigenvalue weighted by Crippen LogP contribution is -2.48. The molecular formula is C18H40N2O. The number of rotatable bonds is 15. The van der Waals surface area contributed by atoms with Crippen LogP contribution in [0.5, 0.6) is 0 Å². The summed E-state index contributed by atoms with van der Waals surface area (Å²) in [5.41, 5.74) is -0.0583. The van der Waals surface area contributed by atoms with Crippen molar-refractivity contribution in [2.24, 2.45) is 0 Å². The van der Waals surface area contributed by atoms with E-state index in [-0.39, 0.29) is 12.1 Å². The smallest absolute Gasteiger partial charge is 0.0613 e. The van der Waals surface area contributed by atoms with Gasteiger partial charge in [-0.3, -0.25) is 0 Å². The molecule has 3 heteroatoms. The van der Waals surface area contributed by atoms with Crippen molar-refractivity contribution in [2.75, 3.05) is 32.8 Å². The molecule has 0 heterocycles. The zero-order valence-electron chi connectivity index (χ0n) is 15.1. The highest BCUT2D eigenvalue weighted by Crippen LogP contribution is 2.17. The predicted octanol–water partition coefficient (Wildman–Crippen LogP) is 3.81. The van der Waals surface area contributed by atoms with Crippen LogP contribution in [0.15, 0.2) is 0 Å². The van der Waals surface area contributed by atoms with Crippen LogP contribution in [0, 0.1) is 0 Å². The van der Waals surface area contributed by atoms with Crippen LogP contribution in [-0.4, -0.2) is 48.3 Å². The first-order chi connectivity index (χ1) is 10.2. The molecule has 0 fully saturated rings. The maximum absolute atomic E-state index is 9.78. The first-order valence-electron chi connectivity index (χ1n) is 9.26. The number of nitrogens with zero attached hydrogens (tertiary/aromatic N) is 1. The minimum atomic E-state index is -0.0583. The lowest BCUT2D eigenvalue weighted by atomic mass is 9.91. The lowest BCUT2D eigenvalue weighted by Gasteiger charge is -2.33. The summed E-state index contributed by atoms with van der Waals surface area (Å²) >= 11 is 0. The molecule has 0 bridgehead atoms. The zero-order chi connectivity index (χ0) is 16.0. The number of hydrogen-bond donors (Lipinski definition) is 2. The van der Waals surface area contributed by atoms with Gasteiger partial charge in [0.15, 0.2) is 0 Å². The highest BCUT2D eigenvalue weighted by atomic mass is 16.3. The van der Waals surface area contributed by atoms with Gasteiger partial charge < -0.3 is 15.3 Å². The quantitative estimate of drug-likeness (QED) is 0.483. The molecule has 0 aromatic heterocycles. The molecule has 0 aromatic rings. The Morgan fingerprint density at radius 3 is 1.86 bits per heavy atom. The number of nitrogens with one attached hydrogen (secondary N) is 1. The van der Waals surface area contributed by atoms with Gasteiger partial charge >= 0.3 is 0 Å². The summed E-state index contributed by atoms with van der Waals surface area (Å²) in [5, 5.41) is 13.3. The minimum absolute atomic E-state index is 0.0583. The summed E-state index contributed by atoms with van der Waals surface area (Å²) in [7, 11) is 0. The van der Waals surface area contributed by atoms with E-state index in [9.17, 15) is 5.11 Å². The van der Waals surface area contributed by atoms with Gasteiger partial charge in [0.2, 0.25) is 0 Å². The van der Waals surface area contributed by atoms with Gasteiger partial charge in [0.1, 0.15) is 0 Å². The number of aliphatic hydroxyl groups excluding tert-OH is 1. The molecule has 1 unspecified atom stereocenters. The fourth-order valence-corrected chi connectivity index (χ4v) is 2.77. The van der Waals surface area contributed by atoms with Gasteiger partial charge in [-0.15, -0.1) is 0 Å². The Morgan fingerprint density at radius 1 is 0.857 bits per heavy atom. The van der Waals surface area contributed by atoms with E-state index in [0.29, 0.717) is 0 Å². The summed E-state index contributed by atoms with van der Waals surface area (Å²) < 4.78 is 0. The third-order valence-corrected chi connectivity index (χ3v) is 4.51. The zero-order valence-corrected chi connectivity index (χ0v) is 15.1. The van der Waals surface area contributed by atoms with Crippen molar-refractivity contribution in [1.29, 1.82) is 0 Å². The molecule has 0 aliphatic heterocycles. The van der Waals surface area contributed by atoms with Gasteiger partial charge in [-0.25, -0.2) is 0 Å². The highest BCUT2D eigenvalue weighted by Gasteiger charge is 2.25. The minimum Gasteiger partial charge on any atom is -0.394 e. The first-order valence-corrected chi connectivity index (χ1v) is 9.26. The second-order valence-electron chi connectivity index (χ2n) is 6.37. The third-order valence-electron chi connectivity index (χ3n) is 4.51. The normalized spacial score (nSPS) is 14.6. The van der Waals surface area contributed by atoms with E-state index in [4.69, 9.17) is 0 Å². The monoisotopic (exact) mass is 300 g/mol. The molecule has 2 N–H and O–H groups in total. The maximum Gasteiger partial charge on any atom is 0.0613 e. The molecule has 0 saturated carbocycles. The molecule has 0 spiro atoms. The van der Waals surface area contributed by atoms with Gasteiger partial charge in [0.25, 0.3) is 0 Å². The summed E-state index contributed by atoms with van der Waals surface area (Å²) in [5.74, 6) is 0. The summed E-state index contributed by atoms with van der Waals surface area (Å²) in [6.45, 7) is 13.8. The number of hydrogen-bond acceptors (Lipinski definition) is 3. The standard InChI is InChI=1S/C18H40N2O/c1-5-9-14-20(15-10-6-2)16-11-12-18(8-4,17-21)19-13-7-3/h19,21H,5-17H2,1-4H3. The van der Waals surface area contributed by atoms with Gasteiger partial charge in [0, 0.05) is 5.54 Å².